The molecule has 3 heterocycles. The molecule has 1 aliphatic rings. The van der Waals surface area contributed by atoms with Crippen LogP contribution in [0.25, 0.3) is 21.3 Å². The largest absolute Gasteiger partial charge is 0.497 e. The molecule has 0 saturated carbocycles. The van der Waals surface area contributed by atoms with Crippen LogP contribution in [0, 0.1) is 11.7 Å². The minimum absolute atomic E-state index is 0.000986. The number of hydrogen-bond donors (Lipinski definition) is 1. The second-order valence-corrected chi connectivity index (χ2v) is 10.3. The Hall–Kier alpha value is -3.98. The first kappa shape index (κ1) is 23.4. The van der Waals surface area contributed by atoms with Gasteiger partial charge in [-0.3, -0.25) is 4.79 Å². The van der Waals surface area contributed by atoms with E-state index in [0.717, 1.165) is 38.5 Å². The van der Waals surface area contributed by atoms with E-state index in [0.29, 0.717) is 37.6 Å². The molecule has 1 N–H and O–H groups in total. The van der Waals surface area contributed by atoms with Crippen molar-refractivity contribution < 1.29 is 13.9 Å². The summed E-state index contributed by atoms with van der Waals surface area (Å²) in [5.74, 6) is 1.27. The molecule has 0 unspecified atom stereocenters. The van der Waals surface area contributed by atoms with Gasteiger partial charge in [0.15, 0.2) is 5.13 Å². The van der Waals surface area contributed by atoms with Crippen molar-refractivity contribution in [3.8, 4) is 5.75 Å². The van der Waals surface area contributed by atoms with Crippen LogP contribution in [-0.4, -0.2) is 40.6 Å². The van der Waals surface area contributed by atoms with Crippen LogP contribution in [-0.2, 0) is 11.3 Å². The van der Waals surface area contributed by atoms with Crippen molar-refractivity contribution in [3.63, 3.8) is 0 Å². The molecule has 2 aromatic heterocycles. The normalized spacial score (nSPS) is 14.4. The fraction of sp³-hybridized carbons (Fsp3) is 0.250. The molecule has 188 valence electrons. The number of fused-ring (bicyclic) bond motifs is 2. The Kier molecular flexibility index (Phi) is 6.21. The second kappa shape index (κ2) is 9.82. The van der Waals surface area contributed by atoms with E-state index in [2.05, 4.69) is 19.8 Å². The van der Waals surface area contributed by atoms with E-state index < -0.39 is 0 Å². The van der Waals surface area contributed by atoms with E-state index in [9.17, 15) is 9.18 Å². The molecule has 5 aromatic rings. The minimum atomic E-state index is -0.248. The third-order valence-electron chi connectivity index (χ3n) is 6.84. The summed E-state index contributed by atoms with van der Waals surface area (Å²) in [6, 6.07) is 20.4. The predicted octanol–water partition coefficient (Wildman–Crippen LogP) is 5.70. The smallest absolute Gasteiger partial charge is 0.229 e. The fourth-order valence-electron chi connectivity index (χ4n) is 4.91. The number of hydrogen-bond acceptors (Lipinski definition) is 6. The maximum Gasteiger partial charge on any atom is 0.229 e. The minimum Gasteiger partial charge on any atom is -0.497 e. The highest BCUT2D eigenvalue weighted by molar-refractivity contribution is 7.22. The Labute approximate surface area is 217 Å². The van der Waals surface area contributed by atoms with Gasteiger partial charge < -0.3 is 19.5 Å². The standard InChI is InChI=1S/C28H26FN5O2S/c1-36-21-9-10-23-25(16-21)37-27(30-23)32-26(35)19-11-13-33(14-12-19)28-31-22-7-2-3-8-24(22)34(28)17-18-5-4-6-20(29)15-18/h2-10,15-16,19H,11-14,17H2,1H3,(H,30,32,35). The maximum atomic E-state index is 13.9. The summed E-state index contributed by atoms with van der Waals surface area (Å²) in [6.45, 7) is 1.94. The zero-order valence-corrected chi connectivity index (χ0v) is 21.2. The molecule has 0 bridgehead atoms. The quantitative estimate of drug-likeness (QED) is 0.314. The number of rotatable bonds is 6. The predicted molar refractivity (Wildman–Crippen MR) is 145 cm³/mol. The summed E-state index contributed by atoms with van der Waals surface area (Å²) in [4.78, 5) is 24.7. The number of carbonyl (C=O) groups excluding carboxylic acids is 1. The van der Waals surface area contributed by atoms with Crippen LogP contribution in [0.5, 0.6) is 5.75 Å². The topological polar surface area (TPSA) is 72.3 Å². The van der Waals surface area contributed by atoms with E-state index in [4.69, 9.17) is 9.72 Å². The van der Waals surface area contributed by atoms with Crippen molar-refractivity contribution in [2.45, 2.75) is 19.4 Å². The van der Waals surface area contributed by atoms with Crippen molar-refractivity contribution >= 4 is 49.6 Å². The number of imidazole rings is 1. The van der Waals surface area contributed by atoms with Crippen molar-refractivity contribution in [2.75, 3.05) is 30.4 Å². The lowest BCUT2D eigenvalue weighted by Crippen LogP contribution is -2.39. The number of thiazole rings is 1. The summed E-state index contributed by atoms with van der Waals surface area (Å²) >= 11 is 1.45. The molecule has 9 heteroatoms. The number of amides is 1. The van der Waals surface area contributed by atoms with Gasteiger partial charge in [0.2, 0.25) is 11.9 Å². The summed E-state index contributed by atoms with van der Waals surface area (Å²) in [7, 11) is 1.63. The van der Waals surface area contributed by atoms with Crippen LogP contribution in [0.4, 0.5) is 15.5 Å². The number of methoxy groups -OCH3 is 1. The SMILES string of the molecule is COc1ccc2nc(NC(=O)C3CCN(c4nc5ccccc5n4Cc4cccc(F)c4)CC3)sc2c1. The van der Waals surface area contributed by atoms with Crippen molar-refractivity contribution in [3.05, 3.63) is 78.1 Å². The van der Waals surface area contributed by atoms with Crippen molar-refractivity contribution in [1.29, 1.82) is 0 Å². The number of ether oxygens (including phenoxy) is 1. The lowest BCUT2D eigenvalue weighted by molar-refractivity contribution is -0.120. The molecule has 0 aliphatic carbocycles. The first-order valence-electron chi connectivity index (χ1n) is 12.3. The van der Waals surface area contributed by atoms with Gasteiger partial charge in [0, 0.05) is 19.0 Å². The zero-order chi connectivity index (χ0) is 25.4. The van der Waals surface area contributed by atoms with Gasteiger partial charge in [-0.1, -0.05) is 35.6 Å². The van der Waals surface area contributed by atoms with Crippen LogP contribution in [0.1, 0.15) is 18.4 Å². The Morgan fingerprint density at radius 2 is 1.89 bits per heavy atom. The van der Waals surface area contributed by atoms with Gasteiger partial charge in [-0.2, -0.15) is 0 Å². The summed E-state index contributed by atoms with van der Waals surface area (Å²) in [6.07, 6.45) is 1.43. The number of aromatic nitrogens is 3. The molecule has 6 rings (SSSR count). The average Bonchev–Trinajstić information content (AvgIpc) is 3.49. The van der Waals surface area contributed by atoms with Gasteiger partial charge in [-0.05, 0) is 60.9 Å². The van der Waals surface area contributed by atoms with Crippen molar-refractivity contribution in [2.24, 2.45) is 5.92 Å². The molecule has 1 saturated heterocycles. The molecule has 0 spiro atoms. The van der Waals surface area contributed by atoms with Crippen LogP contribution in [0.2, 0.25) is 0 Å². The highest BCUT2D eigenvalue weighted by Crippen LogP contribution is 2.31. The molecule has 37 heavy (non-hydrogen) atoms. The number of anilines is 2. The molecule has 0 atom stereocenters. The summed E-state index contributed by atoms with van der Waals surface area (Å²) in [5.41, 5.74) is 3.63. The molecular weight excluding hydrogens is 489 g/mol. The fourth-order valence-corrected chi connectivity index (χ4v) is 5.81. The van der Waals surface area contributed by atoms with Gasteiger partial charge >= 0.3 is 0 Å². The number of benzene rings is 3. The molecule has 1 aliphatic heterocycles. The van der Waals surface area contributed by atoms with Gasteiger partial charge in [0.05, 0.1) is 34.9 Å². The van der Waals surface area contributed by atoms with E-state index in [1.807, 2.05) is 48.5 Å². The van der Waals surface area contributed by atoms with Gasteiger partial charge in [-0.15, -0.1) is 0 Å². The van der Waals surface area contributed by atoms with E-state index >= 15 is 0 Å². The Bertz CT molecular complexity index is 1590. The first-order chi connectivity index (χ1) is 18.1. The highest BCUT2D eigenvalue weighted by atomic mass is 32.1. The number of piperidine rings is 1. The van der Waals surface area contributed by atoms with Crippen LogP contribution >= 0.6 is 11.3 Å². The summed E-state index contributed by atoms with van der Waals surface area (Å²) < 4.78 is 22.2. The third-order valence-corrected chi connectivity index (χ3v) is 7.77. The molecule has 1 fully saturated rings. The Morgan fingerprint density at radius 1 is 1.05 bits per heavy atom. The van der Waals surface area contributed by atoms with Crippen LogP contribution < -0.4 is 15.0 Å². The third kappa shape index (κ3) is 4.74. The van der Waals surface area contributed by atoms with Crippen molar-refractivity contribution in [1.82, 2.24) is 14.5 Å². The van der Waals surface area contributed by atoms with E-state index in [-0.39, 0.29) is 17.6 Å². The Morgan fingerprint density at radius 3 is 2.70 bits per heavy atom. The monoisotopic (exact) mass is 515 g/mol. The average molecular weight is 516 g/mol. The number of halogens is 1. The highest BCUT2D eigenvalue weighted by Gasteiger charge is 2.28. The molecule has 3 aromatic carbocycles. The lowest BCUT2D eigenvalue weighted by Gasteiger charge is -2.32. The molecule has 0 radical (unpaired) electrons. The zero-order valence-electron chi connectivity index (χ0n) is 20.4. The first-order valence-corrected chi connectivity index (χ1v) is 13.1. The lowest BCUT2D eigenvalue weighted by atomic mass is 9.96. The molecular formula is C28H26FN5O2S. The van der Waals surface area contributed by atoms with Gasteiger partial charge in [-0.25, -0.2) is 14.4 Å². The number of nitrogens with zero attached hydrogens (tertiary/aromatic N) is 4. The summed E-state index contributed by atoms with van der Waals surface area (Å²) in [5, 5.41) is 3.62. The van der Waals surface area contributed by atoms with Gasteiger partial charge in [0.1, 0.15) is 11.6 Å². The van der Waals surface area contributed by atoms with E-state index in [1.165, 1.54) is 17.4 Å². The van der Waals surface area contributed by atoms with E-state index in [1.54, 1.807) is 19.2 Å². The number of para-hydroxylation sites is 2. The molecule has 7 nitrogen and oxygen atoms in total. The van der Waals surface area contributed by atoms with Gasteiger partial charge in [0.25, 0.3) is 0 Å². The van der Waals surface area contributed by atoms with Crippen LogP contribution in [0.15, 0.2) is 66.7 Å². The number of nitrogens with one attached hydrogen (secondary N) is 1. The Balaban J connectivity index is 1.17. The number of carbonyl (C=O) groups is 1. The molecule has 1 amide bonds. The maximum absolute atomic E-state index is 13.9. The second-order valence-electron chi connectivity index (χ2n) is 9.22. The van der Waals surface area contributed by atoms with Crippen LogP contribution in [0.3, 0.4) is 0 Å².